The summed E-state index contributed by atoms with van der Waals surface area (Å²) in [5, 5.41) is 0. The lowest BCUT2D eigenvalue weighted by Crippen LogP contribution is -2.61. The fourth-order valence-electron chi connectivity index (χ4n) is 1.80. The third-order valence-corrected chi connectivity index (χ3v) is 2.90. The van der Waals surface area contributed by atoms with E-state index >= 15 is 0 Å². The van der Waals surface area contributed by atoms with Crippen molar-refractivity contribution >= 4 is 23.6 Å². The highest BCUT2D eigenvalue weighted by Crippen LogP contribution is 2.17. The maximum atomic E-state index is 11.9. The molecule has 0 saturated carbocycles. The van der Waals surface area contributed by atoms with Crippen LogP contribution in [0.5, 0.6) is 0 Å². The Labute approximate surface area is 87.5 Å². The first-order valence-corrected chi connectivity index (χ1v) is 4.65. The molecule has 0 aromatic carbocycles. The lowest BCUT2D eigenvalue weighted by atomic mass is 10.2. The van der Waals surface area contributed by atoms with Crippen LogP contribution in [0.3, 0.4) is 0 Å². The van der Waals surface area contributed by atoms with Gasteiger partial charge in [0.25, 0.3) is 23.6 Å². The van der Waals surface area contributed by atoms with E-state index in [0.29, 0.717) is 5.84 Å². The Balaban J connectivity index is 2.49. The molecule has 1 unspecified atom stereocenters. The van der Waals surface area contributed by atoms with E-state index in [1.165, 1.54) is 11.9 Å². The molecular formula is C9H13N4O2+. The van der Waals surface area contributed by atoms with Crippen LogP contribution in [0.15, 0.2) is 4.99 Å². The summed E-state index contributed by atoms with van der Waals surface area (Å²) < 4.78 is 1.77. The molecule has 0 spiro atoms. The van der Waals surface area contributed by atoms with Crippen molar-refractivity contribution in [3.63, 3.8) is 0 Å². The molecule has 6 heteroatoms. The average Bonchev–Trinajstić information content (AvgIpc) is 2.50. The summed E-state index contributed by atoms with van der Waals surface area (Å²) in [6, 6.07) is -0.782. The maximum absolute atomic E-state index is 11.9. The van der Waals surface area contributed by atoms with Gasteiger partial charge in [-0.1, -0.05) is 0 Å². The molecule has 0 radical (unpaired) electrons. The molecule has 2 rings (SSSR count). The van der Waals surface area contributed by atoms with Gasteiger partial charge in [-0.2, -0.15) is 0 Å². The van der Waals surface area contributed by atoms with Crippen LogP contribution in [0.4, 0.5) is 4.79 Å². The second kappa shape index (κ2) is 2.88. The molecule has 2 aliphatic rings. The highest BCUT2D eigenvalue weighted by molar-refractivity contribution is 6.22. The molecule has 0 aromatic rings. The predicted molar refractivity (Wildman–Crippen MR) is 54.0 cm³/mol. The first-order valence-electron chi connectivity index (χ1n) is 4.65. The van der Waals surface area contributed by atoms with E-state index in [2.05, 4.69) is 4.99 Å². The molecule has 0 bridgehead atoms. The summed E-state index contributed by atoms with van der Waals surface area (Å²) in [5.74, 6) is 1.04. The van der Waals surface area contributed by atoms with E-state index < -0.39 is 6.04 Å². The van der Waals surface area contributed by atoms with Gasteiger partial charge in [0.15, 0.2) is 0 Å². The van der Waals surface area contributed by atoms with Crippen LogP contribution in [0, 0.1) is 0 Å². The van der Waals surface area contributed by atoms with Crippen molar-refractivity contribution in [3.8, 4) is 0 Å². The highest BCUT2D eigenvalue weighted by Gasteiger charge is 2.50. The minimum absolute atomic E-state index is 0.226. The molecule has 0 N–H and O–H groups in total. The van der Waals surface area contributed by atoms with Gasteiger partial charge in [0.05, 0.1) is 7.05 Å². The van der Waals surface area contributed by atoms with Crippen molar-refractivity contribution in [2.45, 2.75) is 13.0 Å². The fourth-order valence-corrected chi connectivity index (χ4v) is 1.80. The van der Waals surface area contributed by atoms with Crippen LogP contribution >= 0.6 is 0 Å². The first kappa shape index (κ1) is 9.82. The van der Waals surface area contributed by atoms with Crippen molar-refractivity contribution in [2.24, 2.45) is 4.99 Å². The van der Waals surface area contributed by atoms with Crippen molar-refractivity contribution in [1.29, 1.82) is 0 Å². The minimum Gasteiger partial charge on any atom is -0.269 e. The number of rotatable bonds is 0. The number of carbonyl (C=O) groups is 2. The van der Waals surface area contributed by atoms with Crippen LogP contribution < -0.4 is 0 Å². The first-order chi connectivity index (χ1) is 6.95. The Morgan fingerprint density at radius 2 is 1.87 bits per heavy atom. The van der Waals surface area contributed by atoms with Gasteiger partial charge in [-0.25, -0.2) is 9.37 Å². The van der Waals surface area contributed by atoms with Crippen LogP contribution in [-0.4, -0.2) is 65.2 Å². The second-order valence-electron chi connectivity index (χ2n) is 3.77. The zero-order valence-electron chi connectivity index (χ0n) is 9.18. The van der Waals surface area contributed by atoms with E-state index in [0.717, 1.165) is 10.7 Å². The third kappa shape index (κ3) is 1.10. The number of carbonyl (C=O) groups excluding carboxylic acids is 2. The van der Waals surface area contributed by atoms with E-state index in [1.54, 1.807) is 18.7 Å². The number of nitrogens with zero attached hydrogens (tertiary/aromatic N) is 4. The summed E-state index contributed by atoms with van der Waals surface area (Å²) in [4.78, 5) is 30.2. The molecule has 2 heterocycles. The molecule has 1 fully saturated rings. The van der Waals surface area contributed by atoms with E-state index in [9.17, 15) is 9.59 Å². The predicted octanol–water partition coefficient (Wildman–Crippen LogP) is -0.648. The van der Waals surface area contributed by atoms with E-state index in [1.807, 2.05) is 6.92 Å². The molecule has 15 heavy (non-hydrogen) atoms. The Bertz CT molecular complexity index is 424. The van der Waals surface area contributed by atoms with Crippen LogP contribution in [0.2, 0.25) is 0 Å². The lowest BCUT2D eigenvalue weighted by Gasteiger charge is -2.29. The number of imide groups is 1. The van der Waals surface area contributed by atoms with Gasteiger partial charge < -0.3 is 0 Å². The summed E-state index contributed by atoms with van der Waals surface area (Å²) in [5.41, 5.74) is 0. The SMILES string of the molecule is CC1=[N+](C)C2C(=O)N(C)C(=O)N(C)C2=N1. The van der Waals surface area contributed by atoms with Gasteiger partial charge >= 0.3 is 6.03 Å². The zero-order chi connectivity index (χ0) is 11.3. The molecular weight excluding hydrogens is 196 g/mol. The summed E-state index contributed by atoms with van der Waals surface area (Å²) in [6.07, 6.45) is 0. The highest BCUT2D eigenvalue weighted by atomic mass is 16.2. The number of urea groups is 1. The van der Waals surface area contributed by atoms with E-state index in [-0.39, 0.29) is 11.9 Å². The van der Waals surface area contributed by atoms with Gasteiger partial charge in [0.2, 0.25) is 0 Å². The Morgan fingerprint density at radius 1 is 1.27 bits per heavy atom. The summed E-state index contributed by atoms with van der Waals surface area (Å²) in [6.45, 7) is 1.82. The molecule has 3 amide bonds. The van der Waals surface area contributed by atoms with Gasteiger partial charge in [-0.3, -0.25) is 14.6 Å². The summed E-state index contributed by atoms with van der Waals surface area (Å²) >= 11 is 0. The maximum Gasteiger partial charge on any atom is 0.333 e. The van der Waals surface area contributed by atoms with Gasteiger partial charge in [0.1, 0.15) is 0 Å². The molecule has 0 aliphatic carbocycles. The molecule has 1 saturated heterocycles. The summed E-state index contributed by atoms with van der Waals surface area (Å²) in [7, 11) is 4.91. The minimum atomic E-state index is -0.447. The lowest BCUT2D eigenvalue weighted by molar-refractivity contribution is -0.505. The number of amidine groups is 2. The van der Waals surface area contributed by atoms with Crippen LogP contribution in [-0.2, 0) is 4.79 Å². The Hall–Kier alpha value is -1.72. The van der Waals surface area contributed by atoms with Crippen molar-refractivity contribution < 1.29 is 14.2 Å². The smallest absolute Gasteiger partial charge is 0.269 e. The monoisotopic (exact) mass is 209 g/mol. The fraction of sp³-hybridized carbons (Fsp3) is 0.556. The van der Waals surface area contributed by atoms with Crippen molar-refractivity contribution in [3.05, 3.63) is 0 Å². The number of hydrogen-bond donors (Lipinski definition) is 0. The van der Waals surface area contributed by atoms with Gasteiger partial charge in [0, 0.05) is 21.0 Å². The average molecular weight is 209 g/mol. The standard InChI is InChI=1S/C9H13N4O2/c1-5-10-7-6(11(5)2)8(14)13(4)9(15)12(7)3/h6H,1-4H3/q+1. The largest absolute Gasteiger partial charge is 0.333 e. The van der Waals surface area contributed by atoms with Gasteiger partial charge in [-0.15, -0.1) is 0 Å². The molecule has 1 atom stereocenters. The van der Waals surface area contributed by atoms with Crippen LogP contribution in [0.25, 0.3) is 0 Å². The number of fused-ring (bicyclic) bond motifs is 1. The van der Waals surface area contributed by atoms with Crippen molar-refractivity contribution in [1.82, 2.24) is 9.80 Å². The Kier molecular flexibility index (Phi) is 1.89. The van der Waals surface area contributed by atoms with Crippen LogP contribution in [0.1, 0.15) is 6.92 Å². The quantitative estimate of drug-likeness (QED) is 0.498. The second-order valence-corrected chi connectivity index (χ2v) is 3.77. The molecule has 80 valence electrons. The molecule has 6 nitrogen and oxygen atoms in total. The van der Waals surface area contributed by atoms with Crippen molar-refractivity contribution in [2.75, 3.05) is 21.1 Å². The molecule has 2 aliphatic heterocycles. The number of hydrogen-bond acceptors (Lipinski definition) is 3. The number of likely N-dealkylation sites (N-methyl/N-ethyl adjacent to an activating group) is 3. The normalized spacial score (nSPS) is 26.1. The molecule has 0 aromatic heterocycles. The number of amides is 3. The zero-order valence-corrected chi connectivity index (χ0v) is 9.18. The third-order valence-electron chi connectivity index (χ3n) is 2.90. The topological polar surface area (TPSA) is 56.0 Å². The van der Waals surface area contributed by atoms with Gasteiger partial charge in [-0.05, 0) is 4.99 Å². The van der Waals surface area contributed by atoms with E-state index in [4.69, 9.17) is 0 Å². The Morgan fingerprint density at radius 3 is 2.47 bits per heavy atom. The number of aliphatic imine (C=N–C) groups is 1.